The molecule has 1 aliphatic rings. The minimum Gasteiger partial charge on any atom is -0.271 e. The normalized spacial score (nSPS) is 18.0. The van der Waals surface area contributed by atoms with Gasteiger partial charge in [-0.2, -0.15) is 0 Å². The van der Waals surface area contributed by atoms with Crippen LogP contribution < -0.4 is 11.3 Å². The van der Waals surface area contributed by atoms with Crippen molar-refractivity contribution in [1.29, 1.82) is 0 Å². The molecule has 1 unspecified atom stereocenters. The summed E-state index contributed by atoms with van der Waals surface area (Å²) in [7, 11) is 0. The highest BCUT2D eigenvalue weighted by Gasteiger charge is 2.45. The summed E-state index contributed by atoms with van der Waals surface area (Å²) in [4.78, 5) is 4.49. The topological polar surface area (TPSA) is 50.9 Å². The highest BCUT2D eigenvalue weighted by Crippen LogP contribution is 2.46. The molecule has 110 valence electrons. The molecule has 21 heavy (non-hydrogen) atoms. The summed E-state index contributed by atoms with van der Waals surface area (Å²) in [6.45, 7) is 0. The lowest BCUT2D eigenvalue weighted by molar-refractivity contribution is 0.167. The summed E-state index contributed by atoms with van der Waals surface area (Å²) < 4.78 is 1.00. The first-order valence-corrected chi connectivity index (χ1v) is 8.16. The maximum atomic E-state index is 5.90. The summed E-state index contributed by atoms with van der Waals surface area (Å²) in [5.74, 6) is 5.90. The second-order valence-corrected chi connectivity index (χ2v) is 6.68. The molecule has 0 radical (unpaired) electrons. The van der Waals surface area contributed by atoms with E-state index in [1.807, 2.05) is 12.3 Å². The van der Waals surface area contributed by atoms with Crippen LogP contribution in [0.4, 0.5) is 0 Å². The van der Waals surface area contributed by atoms with Crippen molar-refractivity contribution in [2.24, 2.45) is 5.84 Å². The zero-order chi connectivity index (χ0) is 14.7. The van der Waals surface area contributed by atoms with Gasteiger partial charge in [0.1, 0.15) is 0 Å². The molecule has 1 aromatic heterocycles. The molecule has 0 aliphatic heterocycles. The summed E-state index contributed by atoms with van der Waals surface area (Å²) in [5, 5.41) is 0. The van der Waals surface area contributed by atoms with Crippen LogP contribution in [-0.2, 0) is 11.8 Å². The molecular weight excluding hydrogens is 326 g/mol. The van der Waals surface area contributed by atoms with Gasteiger partial charge in [0.15, 0.2) is 0 Å². The largest absolute Gasteiger partial charge is 0.271 e. The monoisotopic (exact) mass is 345 g/mol. The maximum Gasteiger partial charge on any atom is 0.0420 e. The Morgan fingerprint density at radius 1 is 1.19 bits per heavy atom. The average molecular weight is 346 g/mol. The van der Waals surface area contributed by atoms with Crippen molar-refractivity contribution in [2.75, 3.05) is 0 Å². The molecule has 3 rings (SSSR count). The van der Waals surface area contributed by atoms with Crippen molar-refractivity contribution in [3.05, 3.63) is 64.4 Å². The predicted octanol–water partition coefficient (Wildman–Crippen LogP) is 3.34. The molecule has 3 N–H and O–H groups in total. The summed E-state index contributed by atoms with van der Waals surface area (Å²) in [6, 6.07) is 15.0. The Bertz CT molecular complexity index is 579. The van der Waals surface area contributed by atoms with Gasteiger partial charge in [0, 0.05) is 34.2 Å². The van der Waals surface area contributed by atoms with Crippen molar-refractivity contribution in [1.82, 2.24) is 10.4 Å². The van der Waals surface area contributed by atoms with E-state index in [9.17, 15) is 0 Å². The molecule has 0 saturated heterocycles. The molecule has 0 amide bonds. The van der Waals surface area contributed by atoms with Gasteiger partial charge >= 0.3 is 0 Å². The fourth-order valence-corrected chi connectivity index (χ4v) is 3.55. The molecular formula is C17H20BrN3. The van der Waals surface area contributed by atoms with Crippen LogP contribution >= 0.6 is 15.9 Å². The Morgan fingerprint density at radius 2 is 1.95 bits per heavy atom. The summed E-state index contributed by atoms with van der Waals surface area (Å²) in [5.41, 5.74) is 5.66. The number of nitrogens with two attached hydrogens (primary N) is 1. The molecule has 1 aliphatic carbocycles. The smallest absolute Gasteiger partial charge is 0.0420 e. The minimum atomic E-state index is 0.144. The van der Waals surface area contributed by atoms with E-state index in [0.29, 0.717) is 0 Å². The van der Waals surface area contributed by atoms with Crippen molar-refractivity contribution < 1.29 is 0 Å². The first kappa shape index (κ1) is 14.7. The van der Waals surface area contributed by atoms with Crippen LogP contribution in [0, 0.1) is 0 Å². The second kappa shape index (κ2) is 6.26. The van der Waals surface area contributed by atoms with Gasteiger partial charge in [-0.05, 0) is 46.5 Å². The van der Waals surface area contributed by atoms with E-state index < -0.39 is 0 Å². The fourth-order valence-electron chi connectivity index (χ4n) is 3.32. The first-order chi connectivity index (χ1) is 10.2. The van der Waals surface area contributed by atoms with Gasteiger partial charge in [-0.3, -0.25) is 16.3 Å². The van der Waals surface area contributed by atoms with Crippen LogP contribution in [0.3, 0.4) is 0 Å². The molecule has 3 nitrogen and oxygen atoms in total. The SMILES string of the molecule is NNC(Cc1ccc(Br)cn1)C1(c2ccccc2)CCC1. The zero-order valence-electron chi connectivity index (χ0n) is 11.9. The van der Waals surface area contributed by atoms with E-state index in [-0.39, 0.29) is 11.5 Å². The van der Waals surface area contributed by atoms with Crippen LogP contribution in [0.15, 0.2) is 53.1 Å². The van der Waals surface area contributed by atoms with Crippen LogP contribution in [0.2, 0.25) is 0 Å². The van der Waals surface area contributed by atoms with Crippen LogP contribution in [0.25, 0.3) is 0 Å². The third-order valence-electron chi connectivity index (χ3n) is 4.66. The van der Waals surface area contributed by atoms with E-state index in [1.54, 1.807) is 0 Å². The number of hydrazine groups is 1. The van der Waals surface area contributed by atoms with E-state index in [0.717, 1.165) is 16.6 Å². The quantitative estimate of drug-likeness (QED) is 0.645. The number of rotatable bonds is 5. The van der Waals surface area contributed by atoms with Crippen LogP contribution in [0.1, 0.15) is 30.5 Å². The third kappa shape index (κ3) is 2.89. The number of halogens is 1. The predicted molar refractivity (Wildman–Crippen MR) is 88.7 cm³/mol. The van der Waals surface area contributed by atoms with Gasteiger partial charge < -0.3 is 0 Å². The Hall–Kier alpha value is -1.23. The molecule has 1 atom stereocenters. The van der Waals surface area contributed by atoms with E-state index in [1.165, 1.54) is 24.8 Å². The standard InChI is InChI=1S/C17H20BrN3/c18-14-7-8-15(20-12-14)11-16(21-19)17(9-4-10-17)13-5-2-1-3-6-13/h1-3,5-8,12,16,21H,4,9-11,19H2. The van der Waals surface area contributed by atoms with Gasteiger partial charge in [-0.25, -0.2) is 0 Å². The lowest BCUT2D eigenvalue weighted by Crippen LogP contribution is -2.56. The van der Waals surface area contributed by atoms with Crippen molar-refractivity contribution in [2.45, 2.75) is 37.1 Å². The molecule has 2 aromatic rings. The maximum absolute atomic E-state index is 5.90. The Kier molecular flexibility index (Phi) is 4.38. The Morgan fingerprint density at radius 3 is 2.48 bits per heavy atom. The lowest BCUT2D eigenvalue weighted by Gasteiger charge is -2.48. The fraction of sp³-hybridized carbons (Fsp3) is 0.353. The van der Waals surface area contributed by atoms with Crippen LogP contribution in [0.5, 0.6) is 0 Å². The molecule has 1 heterocycles. The van der Waals surface area contributed by atoms with Crippen LogP contribution in [-0.4, -0.2) is 11.0 Å². The summed E-state index contributed by atoms with van der Waals surface area (Å²) >= 11 is 3.43. The minimum absolute atomic E-state index is 0.144. The molecule has 1 aromatic carbocycles. The number of hydrogen-bond acceptors (Lipinski definition) is 3. The van der Waals surface area contributed by atoms with E-state index >= 15 is 0 Å². The number of pyridine rings is 1. The molecule has 0 spiro atoms. The molecule has 1 saturated carbocycles. The number of aromatic nitrogens is 1. The lowest BCUT2D eigenvalue weighted by atomic mass is 9.59. The van der Waals surface area contributed by atoms with E-state index in [2.05, 4.69) is 62.7 Å². The molecule has 0 bridgehead atoms. The highest BCUT2D eigenvalue weighted by atomic mass is 79.9. The zero-order valence-corrected chi connectivity index (χ0v) is 13.5. The Balaban J connectivity index is 1.85. The first-order valence-electron chi connectivity index (χ1n) is 7.37. The van der Waals surface area contributed by atoms with Crippen molar-refractivity contribution in [3.8, 4) is 0 Å². The van der Waals surface area contributed by atoms with Crippen molar-refractivity contribution >= 4 is 15.9 Å². The van der Waals surface area contributed by atoms with Crippen molar-refractivity contribution in [3.63, 3.8) is 0 Å². The van der Waals surface area contributed by atoms with Gasteiger partial charge in [0.2, 0.25) is 0 Å². The van der Waals surface area contributed by atoms with Gasteiger partial charge in [0.25, 0.3) is 0 Å². The van der Waals surface area contributed by atoms with Gasteiger partial charge in [-0.15, -0.1) is 0 Å². The molecule has 1 fully saturated rings. The summed E-state index contributed by atoms with van der Waals surface area (Å²) in [6.07, 6.45) is 6.32. The number of benzene rings is 1. The number of nitrogens with one attached hydrogen (secondary N) is 1. The number of nitrogens with zero attached hydrogens (tertiary/aromatic N) is 1. The van der Waals surface area contributed by atoms with Gasteiger partial charge in [-0.1, -0.05) is 36.8 Å². The highest BCUT2D eigenvalue weighted by molar-refractivity contribution is 9.10. The number of hydrogen-bond donors (Lipinski definition) is 2. The second-order valence-electron chi connectivity index (χ2n) is 5.77. The average Bonchev–Trinajstić information content (AvgIpc) is 2.48. The van der Waals surface area contributed by atoms with Gasteiger partial charge in [0.05, 0.1) is 0 Å². The Labute approximate surface area is 134 Å². The van der Waals surface area contributed by atoms with E-state index in [4.69, 9.17) is 5.84 Å². The third-order valence-corrected chi connectivity index (χ3v) is 5.13. The molecule has 4 heteroatoms.